The molecule has 2 heterocycles. The molecule has 1 fully saturated rings. The third kappa shape index (κ3) is 2.78. The minimum absolute atomic E-state index is 0.0636. The Hall–Kier alpha value is -2.66. The maximum atomic E-state index is 12.3. The lowest BCUT2D eigenvalue weighted by atomic mass is 10.1. The van der Waals surface area contributed by atoms with Gasteiger partial charge in [-0.15, -0.1) is 10.2 Å². The van der Waals surface area contributed by atoms with E-state index >= 15 is 0 Å². The number of carbonyl (C=O) groups is 1. The number of anilines is 1. The number of carbonyl (C=O) groups excluding carboxylic acids is 1. The van der Waals surface area contributed by atoms with Crippen molar-refractivity contribution in [3.8, 4) is 11.5 Å². The van der Waals surface area contributed by atoms with Crippen molar-refractivity contribution in [3.05, 3.63) is 65.5 Å². The van der Waals surface area contributed by atoms with E-state index in [2.05, 4.69) is 10.2 Å². The Morgan fingerprint density at radius 1 is 1.08 bits per heavy atom. The van der Waals surface area contributed by atoms with Gasteiger partial charge in [-0.05, 0) is 30.3 Å². The SMILES string of the molecule is O=C1CC(c2nnc(-c3cccc(Cl)c3)o2)CN1c1ccccc1. The Balaban J connectivity index is 1.57. The first-order valence-electron chi connectivity index (χ1n) is 7.65. The zero-order chi connectivity index (χ0) is 16.5. The van der Waals surface area contributed by atoms with Crippen LogP contribution in [0.3, 0.4) is 0 Å². The number of amides is 1. The molecule has 1 unspecified atom stereocenters. The topological polar surface area (TPSA) is 59.2 Å². The van der Waals surface area contributed by atoms with Gasteiger partial charge in [-0.1, -0.05) is 35.9 Å². The lowest BCUT2D eigenvalue weighted by Crippen LogP contribution is -2.24. The summed E-state index contributed by atoms with van der Waals surface area (Å²) in [5, 5.41) is 8.83. The molecule has 1 atom stereocenters. The Morgan fingerprint density at radius 3 is 2.71 bits per heavy atom. The van der Waals surface area contributed by atoms with Gasteiger partial charge in [-0.3, -0.25) is 4.79 Å². The summed E-state index contributed by atoms with van der Waals surface area (Å²) in [4.78, 5) is 14.1. The van der Waals surface area contributed by atoms with Crippen LogP contribution in [0.1, 0.15) is 18.2 Å². The van der Waals surface area contributed by atoms with E-state index in [0.717, 1.165) is 11.3 Å². The van der Waals surface area contributed by atoms with E-state index in [1.807, 2.05) is 42.5 Å². The molecule has 1 aliphatic heterocycles. The van der Waals surface area contributed by atoms with Crippen molar-refractivity contribution in [1.29, 1.82) is 0 Å². The molecule has 0 spiro atoms. The maximum absolute atomic E-state index is 12.3. The molecule has 0 aliphatic carbocycles. The van der Waals surface area contributed by atoms with Crippen molar-refractivity contribution in [2.75, 3.05) is 11.4 Å². The van der Waals surface area contributed by atoms with Gasteiger partial charge in [0, 0.05) is 29.2 Å². The van der Waals surface area contributed by atoms with E-state index < -0.39 is 0 Å². The van der Waals surface area contributed by atoms with Gasteiger partial charge in [0.25, 0.3) is 0 Å². The van der Waals surface area contributed by atoms with Crippen molar-refractivity contribution in [2.45, 2.75) is 12.3 Å². The molecule has 3 aromatic rings. The normalized spacial score (nSPS) is 17.5. The highest BCUT2D eigenvalue weighted by molar-refractivity contribution is 6.30. The number of benzene rings is 2. The number of nitrogens with zero attached hydrogens (tertiary/aromatic N) is 3. The fourth-order valence-electron chi connectivity index (χ4n) is 2.87. The summed E-state index contributed by atoms with van der Waals surface area (Å²) in [5.41, 5.74) is 1.66. The van der Waals surface area contributed by atoms with Crippen LogP contribution in [0.2, 0.25) is 5.02 Å². The van der Waals surface area contributed by atoms with Crippen LogP contribution >= 0.6 is 11.6 Å². The Kier molecular flexibility index (Phi) is 3.78. The predicted octanol–water partition coefficient (Wildman–Crippen LogP) is 3.91. The molecule has 0 N–H and O–H groups in total. The van der Waals surface area contributed by atoms with Crippen molar-refractivity contribution in [1.82, 2.24) is 10.2 Å². The molecule has 0 saturated carbocycles. The predicted molar refractivity (Wildman–Crippen MR) is 90.9 cm³/mol. The van der Waals surface area contributed by atoms with Gasteiger partial charge < -0.3 is 9.32 Å². The van der Waals surface area contributed by atoms with Crippen LogP contribution in [0.5, 0.6) is 0 Å². The first-order chi connectivity index (χ1) is 11.7. The van der Waals surface area contributed by atoms with Crippen molar-refractivity contribution in [3.63, 3.8) is 0 Å². The number of rotatable bonds is 3. The van der Waals surface area contributed by atoms with Crippen LogP contribution in [0.25, 0.3) is 11.5 Å². The van der Waals surface area contributed by atoms with Gasteiger partial charge >= 0.3 is 0 Å². The molecule has 24 heavy (non-hydrogen) atoms. The zero-order valence-electron chi connectivity index (χ0n) is 12.7. The Bertz CT molecular complexity index is 879. The molecule has 120 valence electrons. The molecule has 5 nitrogen and oxygen atoms in total. The van der Waals surface area contributed by atoms with Gasteiger partial charge in [0.05, 0.1) is 5.92 Å². The van der Waals surface area contributed by atoms with Crippen LogP contribution in [0.15, 0.2) is 59.0 Å². The smallest absolute Gasteiger partial charge is 0.247 e. The molecule has 1 amide bonds. The third-order valence-electron chi connectivity index (χ3n) is 4.05. The highest BCUT2D eigenvalue weighted by Crippen LogP contribution is 2.32. The number of hydrogen-bond acceptors (Lipinski definition) is 4. The summed E-state index contributed by atoms with van der Waals surface area (Å²) in [6.45, 7) is 0.542. The molecule has 4 rings (SSSR count). The quantitative estimate of drug-likeness (QED) is 0.726. The Labute approximate surface area is 143 Å². The first kappa shape index (κ1) is 14.9. The monoisotopic (exact) mass is 339 g/mol. The number of hydrogen-bond donors (Lipinski definition) is 0. The molecule has 1 aromatic heterocycles. The van der Waals surface area contributed by atoms with E-state index in [9.17, 15) is 4.79 Å². The largest absolute Gasteiger partial charge is 0.420 e. The van der Waals surface area contributed by atoms with Gasteiger partial charge in [0.15, 0.2) is 0 Å². The Morgan fingerprint density at radius 2 is 1.92 bits per heavy atom. The number of aromatic nitrogens is 2. The van der Waals surface area contributed by atoms with Crippen LogP contribution in [0.4, 0.5) is 5.69 Å². The zero-order valence-corrected chi connectivity index (χ0v) is 13.5. The van der Waals surface area contributed by atoms with Crippen molar-refractivity contribution >= 4 is 23.2 Å². The van der Waals surface area contributed by atoms with E-state index in [0.29, 0.717) is 29.8 Å². The highest BCUT2D eigenvalue weighted by Gasteiger charge is 2.34. The van der Waals surface area contributed by atoms with E-state index in [1.54, 1.807) is 17.0 Å². The van der Waals surface area contributed by atoms with Crippen LogP contribution < -0.4 is 4.90 Å². The lowest BCUT2D eigenvalue weighted by Gasteiger charge is -2.15. The second kappa shape index (κ2) is 6.09. The minimum atomic E-state index is -0.0989. The fraction of sp³-hybridized carbons (Fsp3) is 0.167. The summed E-state index contributed by atoms with van der Waals surface area (Å²) < 4.78 is 5.78. The molecule has 6 heteroatoms. The highest BCUT2D eigenvalue weighted by atomic mass is 35.5. The van der Waals surface area contributed by atoms with E-state index in [1.165, 1.54) is 0 Å². The van der Waals surface area contributed by atoms with E-state index in [4.69, 9.17) is 16.0 Å². The molecular weight excluding hydrogens is 326 g/mol. The minimum Gasteiger partial charge on any atom is -0.420 e. The summed E-state index contributed by atoms with van der Waals surface area (Å²) in [6, 6.07) is 16.9. The molecule has 0 bridgehead atoms. The fourth-order valence-corrected chi connectivity index (χ4v) is 3.06. The molecule has 0 radical (unpaired) electrons. The van der Waals surface area contributed by atoms with Gasteiger partial charge in [0.2, 0.25) is 17.7 Å². The molecular formula is C18H14ClN3O2. The third-order valence-corrected chi connectivity index (χ3v) is 4.29. The molecule has 1 aliphatic rings. The van der Waals surface area contributed by atoms with Crippen LogP contribution in [0, 0.1) is 0 Å². The standard InChI is InChI=1S/C18H14ClN3O2/c19-14-6-4-5-12(9-14)17-20-21-18(24-17)13-10-16(23)22(11-13)15-7-2-1-3-8-15/h1-9,13H,10-11H2. The van der Waals surface area contributed by atoms with Gasteiger partial charge in [0.1, 0.15) is 0 Å². The molecule has 1 saturated heterocycles. The van der Waals surface area contributed by atoms with E-state index in [-0.39, 0.29) is 11.8 Å². The number of para-hydroxylation sites is 1. The molecule has 2 aromatic carbocycles. The summed E-state index contributed by atoms with van der Waals surface area (Å²) in [6.07, 6.45) is 0.367. The van der Waals surface area contributed by atoms with Gasteiger partial charge in [-0.25, -0.2) is 0 Å². The van der Waals surface area contributed by atoms with Gasteiger partial charge in [-0.2, -0.15) is 0 Å². The average Bonchev–Trinajstić information content (AvgIpc) is 3.22. The second-order valence-electron chi connectivity index (χ2n) is 5.70. The second-order valence-corrected chi connectivity index (χ2v) is 6.13. The number of halogens is 1. The lowest BCUT2D eigenvalue weighted by molar-refractivity contribution is -0.117. The summed E-state index contributed by atoms with van der Waals surface area (Å²) >= 11 is 5.99. The van der Waals surface area contributed by atoms with Crippen molar-refractivity contribution < 1.29 is 9.21 Å². The summed E-state index contributed by atoms with van der Waals surface area (Å²) in [7, 11) is 0. The van der Waals surface area contributed by atoms with Crippen LogP contribution in [-0.4, -0.2) is 22.6 Å². The van der Waals surface area contributed by atoms with Crippen molar-refractivity contribution in [2.24, 2.45) is 0 Å². The maximum Gasteiger partial charge on any atom is 0.247 e. The average molecular weight is 340 g/mol. The summed E-state index contributed by atoms with van der Waals surface area (Å²) in [5.74, 6) is 0.863. The first-order valence-corrected chi connectivity index (χ1v) is 8.03. The van der Waals surface area contributed by atoms with Crippen LogP contribution in [-0.2, 0) is 4.79 Å².